The lowest BCUT2D eigenvalue weighted by atomic mass is 10.2. The molecular formula is C20H20F3N3O2S. The van der Waals surface area contributed by atoms with Gasteiger partial charge in [0.1, 0.15) is 18.1 Å². The van der Waals surface area contributed by atoms with Crippen molar-refractivity contribution >= 4 is 28.7 Å². The third-order valence-electron chi connectivity index (χ3n) is 4.30. The molecule has 2 aromatic carbocycles. The lowest BCUT2D eigenvalue weighted by Crippen LogP contribution is -2.30. The molecule has 0 spiro atoms. The summed E-state index contributed by atoms with van der Waals surface area (Å²) in [5.74, 6) is 1.11. The van der Waals surface area contributed by atoms with Crippen molar-refractivity contribution in [3.63, 3.8) is 0 Å². The first-order valence-corrected chi connectivity index (χ1v) is 10.2. The van der Waals surface area contributed by atoms with Gasteiger partial charge in [0.2, 0.25) is 5.91 Å². The maximum atomic E-state index is 12.8. The van der Waals surface area contributed by atoms with Crippen molar-refractivity contribution in [1.29, 1.82) is 0 Å². The Bertz CT molecular complexity index is 987. The summed E-state index contributed by atoms with van der Waals surface area (Å²) in [7, 11) is 1.66. The van der Waals surface area contributed by atoms with Crippen LogP contribution in [0.15, 0.2) is 48.5 Å². The van der Waals surface area contributed by atoms with Gasteiger partial charge in [0, 0.05) is 13.6 Å². The number of amides is 1. The third kappa shape index (κ3) is 5.44. The van der Waals surface area contributed by atoms with Crippen LogP contribution in [-0.2, 0) is 23.6 Å². The van der Waals surface area contributed by atoms with Crippen LogP contribution in [-0.4, -0.2) is 40.0 Å². The SMILES string of the molecule is CSCc1nc2ccccc2n1CC(=O)N(C)Cc1ccc(OC(F)(F)F)cc1. The number of likely N-dealkylation sites (N-methyl/N-ethyl adjacent to an activating group) is 1. The van der Waals surface area contributed by atoms with Gasteiger partial charge < -0.3 is 14.2 Å². The Hall–Kier alpha value is -2.68. The Balaban J connectivity index is 1.70. The molecule has 1 aromatic heterocycles. The second-order valence-corrected chi connectivity index (χ2v) is 7.34. The van der Waals surface area contributed by atoms with E-state index in [1.54, 1.807) is 18.8 Å². The molecule has 9 heteroatoms. The first-order chi connectivity index (χ1) is 13.8. The first kappa shape index (κ1) is 21.0. The molecule has 0 atom stereocenters. The Labute approximate surface area is 170 Å². The zero-order valence-corrected chi connectivity index (χ0v) is 16.8. The molecule has 0 aliphatic carbocycles. The molecule has 0 saturated carbocycles. The number of fused-ring (bicyclic) bond motifs is 1. The van der Waals surface area contributed by atoms with Crippen molar-refractivity contribution in [1.82, 2.24) is 14.5 Å². The van der Waals surface area contributed by atoms with Crippen molar-refractivity contribution in [2.75, 3.05) is 13.3 Å². The van der Waals surface area contributed by atoms with Gasteiger partial charge in [-0.15, -0.1) is 13.2 Å². The maximum Gasteiger partial charge on any atom is 0.573 e. The molecule has 0 radical (unpaired) electrons. The monoisotopic (exact) mass is 423 g/mol. The van der Waals surface area contributed by atoms with E-state index in [4.69, 9.17) is 0 Å². The number of imidazole rings is 1. The average Bonchev–Trinajstić information content (AvgIpc) is 3.00. The van der Waals surface area contributed by atoms with Crippen LogP contribution in [0.2, 0.25) is 0 Å². The number of hydrogen-bond acceptors (Lipinski definition) is 4. The summed E-state index contributed by atoms with van der Waals surface area (Å²) in [5.41, 5.74) is 2.44. The summed E-state index contributed by atoms with van der Waals surface area (Å²) in [6.07, 6.45) is -2.75. The topological polar surface area (TPSA) is 47.4 Å². The number of hydrogen-bond donors (Lipinski definition) is 0. The summed E-state index contributed by atoms with van der Waals surface area (Å²) in [5, 5.41) is 0. The van der Waals surface area contributed by atoms with Gasteiger partial charge in [-0.3, -0.25) is 4.79 Å². The molecule has 0 bridgehead atoms. The summed E-state index contributed by atoms with van der Waals surface area (Å²) in [6.45, 7) is 0.414. The van der Waals surface area contributed by atoms with Crippen LogP contribution < -0.4 is 4.74 Å². The Morgan fingerprint density at radius 2 is 1.86 bits per heavy atom. The largest absolute Gasteiger partial charge is 0.573 e. The van der Waals surface area contributed by atoms with Crippen molar-refractivity contribution in [2.45, 2.75) is 25.2 Å². The molecule has 0 aliphatic heterocycles. The zero-order chi connectivity index (χ0) is 21.0. The van der Waals surface area contributed by atoms with E-state index in [1.807, 2.05) is 35.1 Å². The molecule has 0 fully saturated rings. The van der Waals surface area contributed by atoms with E-state index in [9.17, 15) is 18.0 Å². The standard InChI is InChI=1S/C20H20F3N3O2S/c1-25(11-14-7-9-15(10-8-14)28-20(21,22)23)19(27)12-26-17-6-4-3-5-16(17)24-18(26)13-29-2/h3-10H,11-13H2,1-2H3. The van der Waals surface area contributed by atoms with E-state index in [-0.39, 0.29) is 24.7 Å². The summed E-state index contributed by atoms with van der Waals surface area (Å²) in [4.78, 5) is 18.9. The van der Waals surface area contributed by atoms with E-state index in [0.29, 0.717) is 11.3 Å². The molecule has 3 rings (SSSR count). The molecule has 0 saturated heterocycles. The van der Waals surface area contributed by atoms with Crippen LogP contribution in [0.25, 0.3) is 11.0 Å². The quantitative estimate of drug-likeness (QED) is 0.563. The molecule has 0 aliphatic rings. The number of thioether (sulfide) groups is 1. The number of rotatable bonds is 7. The number of ether oxygens (including phenoxy) is 1. The third-order valence-corrected chi connectivity index (χ3v) is 4.85. The number of carbonyl (C=O) groups excluding carboxylic acids is 1. The van der Waals surface area contributed by atoms with E-state index >= 15 is 0 Å². The minimum absolute atomic E-state index is 0.119. The fourth-order valence-electron chi connectivity index (χ4n) is 2.96. The fraction of sp³-hybridized carbons (Fsp3) is 0.300. The van der Waals surface area contributed by atoms with E-state index in [0.717, 1.165) is 16.9 Å². The van der Waals surface area contributed by atoms with Crippen LogP contribution in [0.4, 0.5) is 13.2 Å². The Morgan fingerprint density at radius 1 is 1.17 bits per heavy atom. The average molecular weight is 423 g/mol. The number of benzene rings is 2. The first-order valence-electron chi connectivity index (χ1n) is 8.78. The van der Waals surface area contributed by atoms with Gasteiger partial charge in [0.25, 0.3) is 0 Å². The van der Waals surface area contributed by atoms with Gasteiger partial charge >= 0.3 is 6.36 Å². The van der Waals surface area contributed by atoms with Crippen molar-refractivity contribution < 1.29 is 22.7 Å². The predicted molar refractivity (Wildman–Crippen MR) is 107 cm³/mol. The lowest BCUT2D eigenvalue weighted by molar-refractivity contribution is -0.274. The van der Waals surface area contributed by atoms with Gasteiger partial charge in [0.15, 0.2) is 0 Å². The van der Waals surface area contributed by atoms with Crippen molar-refractivity contribution in [2.24, 2.45) is 0 Å². The highest BCUT2D eigenvalue weighted by molar-refractivity contribution is 7.97. The molecule has 29 heavy (non-hydrogen) atoms. The van der Waals surface area contributed by atoms with Crippen molar-refractivity contribution in [3.05, 3.63) is 59.9 Å². The van der Waals surface area contributed by atoms with Crippen molar-refractivity contribution in [3.8, 4) is 5.75 Å². The molecule has 3 aromatic rings. The van der Waals surface area contributed by atoms with Gasteiger partial charge in [-0.2, -0.15) is 11.8 Å². The summed E-state index contributed by atoms with van der Waals surface area (Å²) >= 11 is 1.63. The highest BCUT2D eigenvalue weighted by Gasteiger charge is 2.31. The lowest BCUT2D eigenvalue weighted by Gasteiger charge is -2.19. The van der Waals surface area contributed by atoms with Gasteiger partial charge in [-0.05, 0) is 36.1 Å². The van der Waals surface area contributed by atoms with Crippen LogP contribution in [0, 0.1) is 0 Å². The molecule has 0 N–H and O–H groups in total. The number of aromatic nitrogens is 2. The highest BCUT2D eigenvalue weighted by Crippen LogP contribution is 2.23. The molecule has 1 amide bonds. The smallest absolute Gasteiger partial charge is 0.406 e. The van der Waals surface area contributed by atoms with Gasteiger partial charge in [-0.25, -0.2) is 4.98 Å². The zero-order valence-electron chi connectivity index (χ0n) is 15.9. The van der Waals surface area contributed by atoms with E-state index in [2.05, 4.69) is 9.72 Å². The molecule has 154 valence electrons. The van der Waals surface area contributed by atoms with E-state index in [1.165, 1.54) is 29.2 Å². The van der Waals surface area contributed by atoms with Crippen LogP contribution in [0.1, 0.15) is 11.4 Å². The Morgan fingerprint density at radius 3 is 2.52 bits per heavy atom. The van der Waals surface area contributed by atoms with Crippen LogP contribution in [0.3, 0.4) is 0 Å². The Kier molecular flexibility index (Phi) is 6.36. The minimum atomic E-state index is -4.73. The number of nitrogens with zero attached hydrogens (tertiary/aromatic N) is 3. The molecule has 1 heterocycles. The van der Waals surface area contributed by atoms with Crippen LogP contribution >= 0.6 is 11.8 Å². The van der Waals surface area contributed by atoms with Gasteiger partial charge in [-0.1, -0.05) is 24.3 Å². The second-order valence-electron chi connectivity index (χ2n) is 6.48. The minimum Gasteiger partial charge on any atom is -0.406 e. The number of halogens is 3. The molecule has 5 nitrogen and oxygen atoms in total. The predicted octanol–water partition coefficient (Wildman–Crippen LogP) is 4.46. The number of alkyl halides is 3. The summed E-state index contributed by atoms with van der Waals surface area (Å²) in [6, 6.07) is 13.1. The normalized spacial score (nSPS) is 11.6. The number of para-hydroxylation sites is 2. The maximum absolute atomic E-state index is 12.8. The molecule has 0 unspecified atom stereocenters. The van der Waals surface area contributed by atoms with Crippen LogP contribution in [0.5, 0.6) is 5.75 Å². The second kappa shape index (κ2) is 8.77. The number of carbonyl (C=O) groups is 1. The van der Waals surface area contributed by atoms with E-state index < -0.39 is 6.36 Å². The summed E-state index contributed by atoms with van der Waals surface area (Å²) < 4.78 is 42.5. The fourth-order valence-corrected chi connectivity index (χ4v) is 3.43. The highest BCUT2D eigenvalue weighted by atomic mass is 32.2. The van der Waals surface area contributed by atoms with Gasteiger partial charge in [0.05, 0.1) is 16.8 Å². The molecular weight excluding hydrogens is 403 g/mol.